The maximum absolute atomic E-state index is 12.3. The van der Waals surface area contributed by atoms with Gasteiger partial charge in [-0.25, -0.2) is 0 Å². The molecule has 2 aromatic heterocycles. The molecule has 122 valence electrons. The van der Waals surface area contributed by atoms with E-state index in [1.54, 1.807) is 17.4 Å². The molecule has 1 aliphatic rings. The number of aromatic amines is 1. The number of piperidine rings is 1. The Morgan fingerprint density at radius 3 is 2.96 bits per heavy atom. The lowest BCUT2D eigenvalue weighted by Gasteiger charge is -2.30. The number of nitrogens with zero attached hydrogens (tertiary/aromatic N) is 3. The van der Waals surface area contributed by atoms with Crippen LogP contribution in [-0.2, 0) is 11.3 Å². The van der Waals surface area contributed by atoms with Gasteiger partial charge in [-0.2, -0.15) is 5.10 Å². The van der Waals surface area contributed by atoms with E-state index in [1.165, 1.54) is 0 Å². The zero-order valence-electron chi connectivity index (χ0n) is 13.1. The number of nitrogens with one attached hydrogen (secondary N) is 1. The molecule has 0 aromatic carbocycles. The fraction of sp³-hybridized carbons (Fsp3) is 0.438. The number of hydrogen-bond acceptors (Lipinski definition) is 4. The van der Waals surface area contributed by atoms with Gasteiger partial charge < -0.3 is 9.47 Å². The van der Waals surface area contributed by atoms with E-state index in [9.17, 15) is 4.79 Å². The minimum absolute atomic E-state index is 0.0891. The van der Waals surface area contributed by atoms with E-state index in [2.05, 4.69) is 17.1 Å². The van der Waals surface area contributed by atoms with Gasteiger partial charge in [-0.15, -0.1) is 11.3 Å². The highest BCUT2D eigenvalue weighted by atomic mass is 32.1. The molecule has 23 heavy (non-hydrogen) atoms. The van der Waals surface area contributed by atoms with Crippen molar-refractivity contribution in [2.24, 2.45) is 0 Å². The molecule has 0 aliphatic carbocycles. The summed E-state index contributed by atoms with van der Waals surface area (Å²) in [6.07, 6.45) is 5.42. The van der Waals surface area contributed by atoms with E-state index in [0.717, 1.165) is 43.2 Å². The van der Waals surface area contributed by atoms with Gasteiger partial charge in [0.2, 0.25) is 5.91 Å². The quantitative estimate of drug-likeness (QED) is 0.680. The highest BCUT2D eigenvalue weighted by molar-refractivity contribution is 7.71. The van der Waals surface area contributed by atoms with Crippen LogP contribution in [0.15, 0.2) is 23.6 Å². The predicted molar refractivity (Wildman–Crippen MR) is 95.0 cm³/mol. The summed E-state index contributed by atoms with van der Waals surface area (Å²) >= 11 is 6.89. The number of amides is 1. The third-order valence-electron chi connectivity index (χ3n) is 4.21. The number of likely N-dealkylation sites (tertiary alicyclic amines) is 1. The summed E-state index contributed by atoms with van der Waals surface area (Å²) in [5.74, 6) is 1.48. The molecule has 2 aromatic rings. The van der Waals surface area contributed by atoms with Crippen molar-refractivity contribution in [1.29, 1.82) is 0 Å². The third kappa shape index (κ3) is 3.61. The molecule has 3 heterocycles. The topological polar surface area (TPSA) is 53.9 Å². The number of carbonyl (C=O) groups excluding carboxylic acids is 1. The van der Waals surface area contributed by atoms with Gasteiger partial charge in [0.15, 0.2) is 4.77 Å². The fourth-order valence-electron chi connectivity index (χ4n) is 2.95. The van der Waals surface area contributed by atoms with Gasteiger partial charge in [0.05, 0.1) is 0 Å². The monoisotopic (exact) mass is 348 g/mol. The number of carbonyl (C=O) groups is 1. The Kier molecular flexibility index (Phi) is 5.07. The van der Waals surface area contributed by atoms with E-state index >= 15 is 0 Å². The minimum Gasteiger partial charge on any atom is -0.339 e. The lowest BCUT2D eigenvalue weighted by molar-refractivity contribution is -0.127. The highest BCUT2D eigenvalue weighted by Crippen LogP contribution is 2.27. The van der Waals surface area contributed by atoms with E-state index in [0.29, 0.717) is 10.7 Å². The van der Waals surface area contributed by atoms with Crippen LogP contribution in [0, 0.1) is 4.77 Å². The summed E-state index contributed by atoms with van der Waals surface area (Å²) < 4.78 is 2.73. The zero-order valence-corrected chi connectivity index (χ0v) is 14.7. The van der Waals surface area contributed by atoms with E-state index < -0.39 is 0 Å². The number of thiophene rings is 1. The van der Waals surface area contributed by atoms with Gasteiger partial charge in [0, 0.05) is 36.5 Å². The average Bonchev–Trinajstić information content (AvgIpc) is 3.22. The van der Waals surface area contributed by atoms with Gasteiger partial charge in [-0.05, 0) is 49.5 Å². The number of hydrogen-bond donors (Lipinski definition) is 1. The lowest BCUT2D eigenvalue weighted by atomic mass is 9.96. The Labute approximate surface area is 144 Å². The van der Waals surface area contributed by atoms with Crippen LogP contribution in [0.5, 0.6) is 0 Å². The van der Waals surface area contributed by atoms with Crippen molar-refractivity contribution in [3.8, 4) is 0 Å². The van der Waals surface area contributed by atoms with Crippen LogP contribution >= 0.6 is 23.6 Å². The van der Waals surface area contributed by atoms with Gasteiger partial charge in [0.25, 0.3) is 0 Å². The first-order chi connectivity index (χ1) is 11.2. The molecular weight excluding hydrogens is 328 g/mol. The first-order valence-corrected chi connectivity index (χ1v) is 9.13. The molecule has 0 unspecified atom stereocenters. The largest absolute Gasteiger partial charge is 0.339 e. The summed E-state index contributed by atoms with van der Waals surface area (Å²) in [6.45, 7) is 4.43. The molecule has 0 radical (unpaired) electrons. The van der Waals surface area contributed by atoms with E-state index in [4.69, 9.17) is 12.2 Å². The molecule has 1 saturated heterocycles. The molecule has 1 N–H and O–H groups in total. The standard InChI is InChI=1S/C16H20N4OS2/c1-2-20-15(17-18-16(20)22)12-7-9-19(10-8-12)14(21)6-5-13-4-3-11-23-13/h3-6,11-12H,2,7-10H2,1H3,(H,18,22)/b6-5-. The summed E-state index contributed by atoms with van der Waals surface area (Å²) in [6, 6.07) is 3.99. The van der Waals surface area contributed by atoms with Crippen molar-refractivity contribution >= 4 is 35.5 Å². The van der Waals surface area contributed by atoms with E-state index in [-0.39, 0.29) is 5.91 Å². The summed E-state index contributed by atoms with van der Waals surface area (Å²) in [5.41, 5.74) is 0. The summed E-state index contributed by atoms with van der Waals surface area (Å²) in [4.78, 5) is 15.3. The van der Waals surface area contributed by atoms with Crippen molar-refractivity contribution in [2.45, 2.75) is 32.2 Å². The number of H-pyrrole nitrogens is 1. The second kappa shape index (κ2) is 7.23. The summed E-state index contributed by atoms with van der Waals surface area (Å²) in [7, 11) is 0. The maximum atomic E-state index is 12.3. The molecule has 1 fully saturated rings. The molecule has 0 bridgehead atoms. The molecular formula is C16H20N4OS2. The molecule has 0 spiro atoms. The molecule has 0 saturated carbocycles. The Hall–Kier alpha value is -1.73. The lowest BCUT2D eigenvalue weighted by Crippen LogP contribution is -2.37. The van der Waals surface area contributed by atoms with Gasteiger partial charge >= 0.3 is 0 Å². The van der Waals surface area contributed by atoms with Crippen LogP contribution in [0.2, 0.25) is 0 Å². The predicted octanol–water partition coefficient (Wildman–Crippen LogP) is 3.44. The van der Waals surface area contributed by atoms with Gasteiger partial charge in [0.1, 0.15) is 5.82 Å². The van der Waals surface area contributed by atoms with Crippen molar-refractivity contribution in [3.63, 3.8) is 0 Å². The van der Waals surface area contributed by atoms with Gasteiger partial charge in [-0.1, -0.05) is 6.07 Å². The van der Waals surface area contributed by atoms with Crippen LogP contribution in [-0.4, -0.2) is 38.7 Å². The Bertz CT molecular complexity index is 736. The van der Waals surface area contributed by atoms with Crippen LogP contribution in [0.3, 0.4) is 0 Å². The Balaban J connectivity index is 1.60. The van der Waals surface area contributed by atoms with Crippen molar-refractivity contribution in [1.82, 2.24) is 19.7 Å². The van der Waals surface area contributed by atoms with Crippen LogP contribution in [0.1, 0.15) is 36.4 Å². The normalized spacial score (nSPS) is 16.3. The Morgan fingerprint density at radius 2 is 2.30 bits per heavy atom. The fourth-order valence-corrected chi connectivity index (χ4v) is 3.84. The minimum atomic E-state index is 0.0891. The van der Waals surface area contributed by atoms with Crippen LogP contribution in [0.25, 0.3) is 6.08 Å². The average molecular weight is 348 g/mol. The third-order valence-corrected chi connectivity index (χ3v) is 5.36. The van der Waals surface area contributed by atoms with Crippen molar-refractivity contribution in [2.75, 3.05) is 13.1 Å². The number of rotatable bonds is 4. The van der Waals surface area contributed by atoms with Crippen molar-refractivity contribution in [3.05, 3.63) is 39.1 Å². The van der Waals surface area contributed by atoms with E-state index in [1.807, 2.05) is 33.1 Å². The molecule has 0 atom stereocenters. The molecule has 1 amide bonds. The second-order valence-corrected chi connectivity index (χ2v) is 6.95. The molecule has 5 nitrogen and oxygen atoms in total. The van der Waals surface area contributed by atoms with Gasteiger partial charge in [-0.3, -0.25) is 9.89 Å². The number of aromatic nitrogens is 3. The second-order valence-electron chi connectivity index (χ2n) is 5.58. The SMILES string of the molecule is CCn1c(C2CCN(C(=O)/C=C\c3cccs3)CC2)n[nH]c1=S. The maximum Gasteiger partial charge on any atom is 0.246 e. The zero-order chi connectivity index (χ0) is 16.2. The van der Waals surface area contributed by atoms with Crippen LogP contribution in [0.4, 0.5) is 0 Å². The summed E-state index contributed by atoms with van der Waals surface area (Å²) in [5, 5.41) is 9.27. The first kappa shape index (κ1) is 16.1. The van der Waals surface area contributed by atoms with Crippen LogP contribution < -0.4 is 0 Å². The molecule has 3 rings (SSSR count). The smallest absolute Gasteiger partial charge is 0.246 e. The highest BCUT2D eigenvalue weighted by Gasteiger charge is 2.26. The van der Waals surface area contributed by atoms with Crippen molar-refractivity contribution < 1.29 is 4.79 Å². The molecule has 1 aliphatic heterocycles. The molecule has 7 heteroatoms. The first-order valence-electron chi connectivity index (χ1n) is 7.84. The Morgan fingerprint density at radius 1 is 1.52 bits per heavy atom.